The van der Waals surface area contributed by atoms with Gasteiger partial charge in [-0.2, -0.15) is 0 Å². The van der Waals surface area contributed by atoms with E-state index in [1.807, 2.05) is 55.4 Å². The molecular formula is C33H21N3O4. The second-order valence-corrected chi connectivity index (χ2v) is 10.7. The Bertz CT molecular complexity index is 2060. The summed E-state index contributed by atoms with van der Waals surface area (Å²) in [5.41, 5.74) is 3.40. The Morgan fingerprint density at radius 1 is 0.475 bits per heavy atom. The van der Waals surface area contributed by atoms with Crippen molar-refractivity contribution in [2.75, 3.05) is 30.9 Å². The molecule has 2 aliphatic heterocycles. The number of carbonyl (C=O) groups is 4. The summed E-state index contributed by atoms with van der Waals surface area (Å²) >= 11 is 0. The fourth-order valence-corrected chi connectivity index (χ4v) is 6.52. The van der Waals surface area contributed by atoms with Gasteiger partial charge < -0.3 is 4.90 Å². The SMILES string of the molecule is CN1C(=O)c2ccc3c4ccc5c6c(ccc(c7ccc(c2c37)C1=O)c64)C(=O)N(c1ccc(N(C)C)cc1)C5=O. The predicted molar refractivity (Wildman–Crippen MR) is 156 cm³/mol. The summed E-state index contributed by atoms with van der Waals surface area (Å²) in [6.07, 6.45) is 0. The summed E-state index contributed by atoms with van der Waals surface area (Å²) in [4.78, 5) is 58.1. The summed E-state index contributed by atoms with van der Waals surface area (Å²) in [6.45, 7) is 0. The lowest BCUT2D eigenvalue weighted by Gasteiger charge is -2.29. The molecule has 0 fully saturated rings. The highest BCUT2D eigenvalue weighted by molar-refractivity contribution is 6.43. The van der Waals surface area contributed by atoms with E-state index in [1.165, 1.54) is 11.9 Å². The third-order valence-electron chi connectivity index (χ3n) is 8.46. The van der Waals surface area contributed by atoms with Crippen molar-refractivity contribution in [1.82, 2.24) is 4.90 Å². The molecule has 0 atom stereocenters. The quantitative estimate of drug-likeness (QED) is 0.162. The van der Waals surface area contributed by atoms with Crippen LogP contribution in [0.3, 0.4) is 0 Å². The highest BCUT2D eigenvalue weighted by atomic mass is 16.2. The number of benzene rings is 6. The third-order valence-corrected chi connectivity index (χ3v) is 8.46. The minimum atomic E-state index is -0.367. The lowest BCUT2D eigenvalue weighted by molar-refractivity contribution is 0.0650. The van der Waals surface area contributed by atoms with Crippen molar-refractivity contribution < 1.29 is 19.2 Å². The Morgan fingerprint density at radius 3 is 1.23 bits per heavy atom. The standard InChI is InChI=1S/C33H21N3O4/c1-34(2)16-4-6-17(7-5-16)36-32(39)24-14-10-20-18-8-12-22-28-23(31(38)35(3)30(22)37)13-9-19(26(18)28)21-11-15-25(33(36)40)29(24)27(20)21/h4-15H,1-3H3. The van der Waals surface area contributed by atoms with Gasteiger partial charge in [-0.1, -0.05) is 24.3 Å². The van der Waals surface area contributed by atoms with Crippen LogP contribution in [0, 0.1) is 0 Å². The summed E-state index contributed by atoms with van der Waals surface area (Å²) in [5, 5.41) is 6.46. The first-order valence-electron chi connectivity index (χ1n) is 13.0. The van der Waals surface area contributed by atoms with Gasteiger partial charge in [-0.25, -0.2) is 4.90 Å². The smallest absolute Gasteiger partial charge is 0.265 e. The van der Waals surface area contributed by atoms with Crippen molar-refractivity contribution in [1.29, 1.82) is 0 Å². The molecule has 0 aromatic heterocycles. The number of amides is 4. The van der Waals surface area contributed by atoms with Gasteiger partial charge in [0.25, 0.3) is 23.6 Å². The van der Waals surface area contributed by atoms with Crippen molar-refractivity contribution in [3.05, 3.63) is 95.1 Å². The maximum absolute atomic E-state index is 13.9. The van der Waals surface area contributed by atoms with Crippen LogP contribution < -0.4 is 9.80 Å². The molecule has 6 aromatic rings. The molecule has 2 heterocycles. The highest BCUT2D eigenvalue weighted by Crippen LogP contribution is 2.46. The maximum atomic E-state index is 13.9. The predicted octanol–water partition coefficient (Wildman–Crippen LogP) is 5.83. The van der Waals surface area contributed by atoms with E-state index >= 15 is 0 Å². The molecule has 6 aromatic carbocycles. The normalized spacial score (nSPS) is 15.0. The average Bonchev–Trinajstić information content (AvgIpc) is 2.97. The van der Waals surface area contributed by atoms with Gasteiger partial charge in [0.15, 0.2) is 0 Å². The van der Waals surface area contributed by atoms with E-state index in [9.17, 15) is 19.2 Å². The zero-order chi connectivity index (χ0) is 27.6. The van der Waals surface area contributed by atoms with Crippen LogP contribution in [0.5, 0.6) is 0 Å². The summed E-state index contributed by atoms with van der Waals surface area (Å²) < 4.78 is 0. The number of rotatable bonds is 2. The maximum Gasteiger partial charge on any atom is 0.265 e. The molecule has 0 saturated heterocycles. The lowest BCUT2D eigenvalue weighted by Crippen LogP contribution is -2.40. The van der Waals surface area contributed by atoms with Gasteiger partial charge in [-0.15, -0.1) is 0 Å². The molecule has 7 heteroatoms. The van der Waals surface area contributed by atoms with Gasteiger partial charge in [-0.3, -0.25) is 24.1 Å². The molecule has 192 valence electrons. The second kappa shape index (κ2) is 7.42. The van der Waals surface area contributed by atoms with E-state index in [4.69, 9.17) is 0 Å². The molecule has 2 aliphatic rings. The molecule has 0 saturated carbocycles. The Labute approximate surface area is 228 Å². The van der Waals surface area contributed by atoms with E-state index < -0.39 is 0 Å². The largest absolute Gasteiger partial charge is 0.378 e. The first-order valence-corrected chi connectivity index (χ1v) is 13.0. The number of hydrogen-bond donors (Lipinski definition) is 0. The van der Waals surface area contributed by atoms with Gasteiger partial charge in [0.1, 0.15) is 0 Å². The molecule has 0 N–H and O–H groups in total. The second-order valence-electron chi connectivity index (χ2n) is 10.7. The summed E-state index contributed by atoms with van der Waals surface area (Å²) in [7, 11) is 5.37. The number of anilines is 2. The molecule has 0 unspecified atom stereocenters. The van der Waals surface area contributed by atoms with E-state index in [2.05, 4.69) is 0 Å². The third kappa shape index (κ3) is 2.59. The van der Waals surface area contributed by atoms with Crippen molar-refractivity contribution >= 4 is 78.1 Å². The van der Waals surface area contributed by atoms with E-state index in [1.54, 1.807) is 36.4 Å². The minimum absolute atomic E-state index is 0.327. The van der Waals surface area contributed by atoms with Crippen LogP contribution in [-0.2, 0) is 0 Å². The van der Waals surface area contributed by atoms with E-state index in [-0.39, 0.29) is 23.6 Å². The zero-order valence-corrected chi connectivity index (χ0v) is 21.9. The van der Waals surface area contributed by atoms with E-state index in [0.717, 1.165) is 42.9 Å². The first-order chi connectivity index (χ1) is 19.3. The molecule has 40 heavy (non-hydrogen) atoms. The topological polar surface area (TPSA) is 78.0 Å². The van der Waals surface area contributed by atoms with Gasteiger partial charge in [-0.05, 0) is 80.8 Å². The number of hydrogen-bond acceptors (Lipinski definition) is 5. The molecule has 8 rings (SSSR count). The molecule has 0 bridgehead atoms. The van der Waals surface area contributed by atoms with Gasteiger partial charge in [0, 0.05) is 59.9 Å². The summed E-state index contributed by atoms with van der Waals surface area (Å²) in [6, 6.07) is 22.1. The molecule has 0 spiro atoms. The fraction of sp³-hybridized carbons (Fsp3) is 0.0909. The number of imide groups is 2. The van der Waals surface area contributed by atoms with Crippen molar-refractivity contribution in [3.63, 3.8) is 0 Å². The monoisotopic (exact) mass is 523 g/mol. The van der Waals surface area contributed by atoms with Gasteiger partial charge in [0.2, 0.25) is 0 Å². The number of carbonyl (C=O) groups excluding carboxylic acids is 4. The zero-order valence-electron chi connectivity index (χ0n) is 21.9. The van der Waals surface area contributed by atoms with Crippen molar-refractivity contribution in [2.24, 2.45) is 0 Å². The van der Waals surface area contributed by atoms with Gasteiger partial charge in [0.05, 0.1) is 5.69 Å². The van der Waals surface area contributed by atoms with Crippen molar-refractivity contribution in [2.45, 2.75) is 0 Å². The molecule has 7 nitrogen and oxygen atoms in total. The Morgan fingerprint density at radius 2 is 0.850 bits per heavy atom. The molecule has 0 radical (unpaired) electrons. The Balaban J connectivity index is 1.43. The Kier molecular flexibility index (Phi) is 4.20. The molecular weight excluding hydrogens is 502 g/mol. The van der Waals surface area contributed by atoms with Gasteiger partial charge >= 0.3 is 0 Å². The minimum Gasteiger partial charge on any atom is -0.378 e. The average molecular weight is 524 g/mol. The van der Waals surface area contributed by atoms with Crippen LogP contribution in [0.1, 0.15) is 41.4 Å². The molecule has 4 amide bonds. The number of nitrogens with zero attached hydrogens (tertiary/aromatic N) is 3. The van der Waals surface area contributed by atoms with Crippen LogP contribution in [0.25, 0.3) is 43.1 Å². The summed E-state index contributed by atoms with van der Waals surface area (Å²) in [5.74, 6) is -1.39. The lowest BCUT2D eigenvalue weighted by atomic mass is 9.82. The number of fused-ring (bicyclic) bond motifs is 2. The molecule has 0 aliphatic carbocycles. The first kappa shape index (κ1) is 22.7. The fourth-order valence-electron chi connectivity index (χ4n) is 6.52. The van der Waals surface area contributed by atoms with Crippen LogP contribution in [0.15, 0.2) is 72.8 Å². The van der Waals surface area contributed by atoms with Crippen LogP contribution in [0.2, 0.25) is 0 Å². The highest BCUT2D eigenvalue weighted by Gasteiger charge is 2.36. The Hall–Kier alpha value is -5.30. The van der Waals surface area contributed by atoms with E-state index in [0.29, 0.717) is 38.7 Å². The van der Waals surface area contributed by atoms with Crippen LogP contribution in [-0.4, -0.2) is 49.7 Å². The van der Waals surface area contributed by atoms with Crippen LogP contribution in [0.4, 0.5) is 11.4 Å². The van der Waals surface area contributed by atoms with Crippen molar-refractivity contribution in [3.8, 4) is 0 Å². The van der Waals surface area contributed by atoms with Crippen LogP contribution >= 0.6 is 0 Å².